The molecule has 2 aromatic carbocycles. The van der Waals surface area contributed by atoms with Crippen molar-refractivity contribution < 1.29 is 0 Å². The molecule has 0 saturated heterocycles. The Bertz CT molecular complexity index is 612. The van der Waals surface area contributed by atoms with Gasteiger partial charge in [-0.15, -0.1) is 0 Å². The van der Waals surface area contributed by atoms with Gasteiger partial charge in [-0.05, 0) is 61.6 Å². The van der Waals surface area contributed by atoms with Crippen molar-refractivity contribution in [3.8, 4) is 0 Å². The topological polar surface area (TPSA) is 12.0 Å². The van der Waals surface area contributed by atoms with Crippen LogP contribution in [0.3, 0.4) is 0 Å². The summed E-state index contributed by atoms with van der Waals surface area (Å²) in [6.07, 6.45) is 2.37. The zero-order valence-electron chi connectivity index (χ0n) is 13.6. The third-order valence-corrected chi connectivity index (χ3v) is 4.25. The van der Waals surface area contributed by atoms with Gasteiger partial charge in [-0.1, -0.05) is 55.0 Å². The molecule has 1 unspecified atom stereocenters. The first kappa shape index (κ1) is 15.8. The van der Waals surface area contributed by atoms with Gasteiger partial charge in [-0.25, -0.2) is 0 Å². The van der Waals surface area contributed by atoms with E-state index in [9.17, 15) is 0 Å². The van der Waals surface area contributed by atoms with E-state index < -0.39 is 0 Å². The van der Waals surface area contributed by atoms with E-state index in [0.29, 0.717) is 5.92 Å². The minimum Gasteiger partial charge on any atom is -0.313 e. The van der Waals surface area contributed by atoms with Gasteiger partial charge in [0.2, 0.25) is 0 Å². The molecule has 1 atom stereocenters. The Kier molecular flexibility index (Phi) is 5.58. The van der Waals surface area contributed by atoms with Crippen LogP contribution in [0.15, 0.2) is 48.6 Å². The molecule has 0 aliphatic rings. The van der Waals surface area contributed by atoms with Crippen LogP contribution in [-0.4, -0.2) is 6.54 Å². The molecule has 2 aromatic rings. The number of hydrogen-bond acceptors (Lipinski definition) is 1. The standard InChI is InChI=1S/C20H27N/c1-5-18(15(2)3)10-11-21-14-17-7-9-19-12-16(4)6-8-20(19)13-17/h6-9,12-13,18,21H,2,5,10-11,14H2,1,3-4H3. The Morgan fingerprint density at radius 1 is 1.14 bits per heavy atom. The van der Waals surface area contributed by atoms with E-state index >= 15 is 0 Å². The normalized spacial score (nSPS) is 12.5. The molecule has 112 valence electrons. The average molecular weight is 281 g/mol. The molecule has 2 rings (SSSR count). The molecule has 0 spiro atoms. The third-order valence-electron chi connectivity index (χ3n) is 4.25. The predicted octanol–water partition coefficient (Wildman–Crippen LogP) is 5.23. The molecule has 0 aliphatic heterocycles. The molecule has 0 amide bonds. The van der Waals surface area contributed by atoms with Gasteiger partial charge in [-0.3, -0.25) is 0 Å². The predicted molar refractivity (Wildman–Crippen MR) is 93.6 cm³/mol. The molecule has 1 nitrogen and oxygen atoms in total. The molecule has 21 heavy (non-hydrogen) atoms. The van der Waals surface area contributed by atoms with E-state index in [1.54, 1.807) is 0 Å². The fraction of sp³-hybridized carbons (Fsp3) is 0.400. The third kappa shape index (κ3) is 4.44. The van der Waals surface area contributed by atoms with Crippen molar-refractivity contribution in [2.45, 2.75) is 40.2 Å². The maximum Gasteiger partial charge on any atom is 0.0205 e. The highest BCUT2D eigenvalue weighted by Crippen LogP contribution is 2.18. The van der Waals surface area contributed by atoms with Gasteiger partial charge in [0.05, 0.1) is 0 Å². The van der Waals surface area contributed by atoms with Crippen LogP contribution in [0.4, 0.5) is 0 Å². The van der Waals surface area contributed by atoms with Gasteiger partial charge in [0.1, 0.15) is 0 Å². The van der Waals surface area contributed by atoms with E-state index in [1.807, 2.05) is 0 Å². The fourth-order valence-electron chi connectivity index (χ4n) is 2.83. The van der Waals surface area contributed by atoms with Crippen molar-refractivity contribution in [1.82, 2.24) is 5.32 Å². The molecule has 0 heterocycles. The molecule has 0 radical (unpaired) electrons. The monoisotopic (exact) mass is 281 g/mol. The molecular weight excluding hydrogens is 254 g/mol. The van der Waals surface area contributed by atoms with Crippen LogP contribution in [-0.2, 0) is 6.54 Å². The second-order valence-electron chi connectivity index (χ2n) is 6.10. The Hall–Kier alpha value is -1.60. The number of fused-ring (bicyclic) bond motifs is 1. The second-order valence-corrected chi connectivity index (χ2v) is 6.10. The van der Waals surface area contributed by atoms with Gasteiger partial charge in [0.15, 0.2) is 0 Å². The van der Waals surface area contributed by atoms with E-state index in [-0.39, 0.29) is 0 Å². The van der Waals surface area contributed by atoms with E-state index in [4.69, 9.17) is 0 Å². The molecule has 0 saturated carbocycles. The van der Waals surface area contributed by atoms with Crippen LogP contribution in [0, 0.1) is 12.8 Å². The average Bonchev–Trinajstić information content (AvgIpc) is 2.47. The number of aryl methyl sites for hydroxylation is 1. The van der Waals surface area contributed by atoms with Gasteiger partial charge in [-0.2, -0.15) is 0 Å². The van der Waals surface area contributed by atoms with Crippen LogP contribution in [0.2, 0.25) is 0 Å². The summed E-state index contributed by atoms with van der Waals surface area (Å²) in [5.41, 5.74) is 3.98. The Morgan fingerprint density at radius 2 is 1.86 bits per heavy atom. The number of hydrogen-bond donors (Lipinski definition) is 1. The van der Waals surface area contributed by atoms with Crippen molar-refractivity contribution in [3.63, 3.8) is 0 Å². The summed E-state index contributed by atoms with van der Waals surface area (Å²) in [6, 6.07) is 13.4. The summed E-state index contributed by atoms with van der Waals surface area (Å²) < 4.78 is 0. The minimum absolute atomic E-state index is 0.650. The van der Waals surface area contributed by atoms with Crippen molar-refractivity contribution in [2.24, 2.45) is 5.92 Å². The zero-order valence-corrected chi connectivity index (χ0v) is 13.6. The summed E-state index contributed by atoms with van der Waals surface area (Å²) in [4.78, 5) is 0. The quantitative estimate of drug-likeness (QED) is 0.541. The maximum absolute atomic E-state index is 4.08. The van der Waals surface area contributed by atoms with E-state index in [2.05, 4.69) is 69.1 Å². The molecule has 1 heteroatoms. The van der Waals surface area contributed by atoms with Crippen molar-refractivity contribution in [3.05, 3.63) is 59.7 Å². The Balaban J connectivity index is 1.89. The first-order valence-corrected chi connectivity index (χ1v) is 7.95. The number of benzene rings is 2. The molecule has 0 bridgehead atoms. The maximum atomic E-state index is 4.08. The molecule has 1 N–H and O–H groups in total. The SMILES string of the molecule is C=C(C)C(CC)CCNCc1ccc2cc(C)ccc2c1. The Labute approximate surface area is 129 Å². The number of rotatable bonds is 7. The molecule has 0 aromatic heterocycles. The highest BCUT2D eigenvalue weighted by atomic mass is 14.8. The highest BCUT2D eigenvalue weighted by molar-refractivity contribution is 5.83. The number of nitrogens with one attached hydrogen (secondary N) is 1. The smallest absolute Gasteiger partial charge is 0.0205 e. The van der Waals surface area contributed by atoms with Gasteiger partial charge in [0.25, 0.3) is 0 Å². The molecule has 0 fully saturated rings. The first-order valence-electron chi connectivity index (χ1n) is 7.95. The van der Waals surface area contributed by atoms with E-state index in [1.165, 1.54) is 40.3 Å². The Morgan fingerprint density at radius 3 is 2.57 bits per heavy atom. The summed E-state index contributed by atoms with van der Waals surface area (Å²) in [5, 5.41) is 6.21. The molecular formula is C20H27N. The first-order chi connectivity index (χ1) is 10.1. The van der Waals surface area contributed by atoms with Crippen LogP contribution >= 0.6 is 0 Å². The number of allylic oxidation sites excluding steroid dienone is 1. The summed E-state index contributed by atoms with van der Waals surface area (Å²) in [5.74, 6) is 0.650. The van der Waals surface area contributed by atoms with Crippen LogP contribution in [0.25, 0.3) is 10.8 Å². The zero-order chi connectivity index (χ0) is 15.2. The lowest BCUT2D eigenvalue weighted by atomic mass is 9.95. The lowest BCUT2D eigenvalue weighted by molar-refractivity contribution is 0.510. The van der Waals surface area contributed by atoms with Crippen molar-refractivity contribution in [2.75, 3.05) is 6.54 Å². The lowest BCUT2D eigenvalue weighted by Crippen LogP contribution is -2.18. The highest BCUT2D eigenvalue weighted by Gasteiger charge is 2.06. The van der Waals surface area contributed by atoms with Crippen LogP contribution in [0.1, 0.15) is 37.8 Å². The van der Waals surface area contributed by atoms with Crippen LogP contribution in [0.5, 0.6) is 0 Å². The summed E-state index contributed by atoms with van der Waals surface area (Å²) in [6.45, 7) is 12.6. The van der Waals surface area contributed by atoms with Gasteiger partial charge in [0, 0.05) is 6.54 Å². The van der Waals surface area contributed by atoms with Crippen molar-refractivity contribution >= 4 is 10.8 Å². The van der Waals surface area contributed by atoms with E-state index in [0.717, 1.165) is 13.1 Å². The summed E-state index contributed by atoms with van der Waals surface area (Å²) >= 11 is 0. The van der Waals surface area contributed by atoms with Gasteiger partial charge < -0.3 is 5.32 Å². The molecule has 0 aliphatic carbocycles. The summed E-state index contributed by atoms with van der Waals surface area (Å²) in [7, 11) is 0. The minimum atomic E-state index is 0.650. The van der Waals surface area contributed by atoms with Crippen molar-refractivity contribution in [1.29, 1.82) is 0 Å². The second kappa shape index (κ2) is 7.42. The fourth-order valence-corrected chi connectivity index (χ4v) is 2.83. The van der Waals surface area contributed by atoms with Crippen LogP contribution < -0.4 is 5.32 Å². The van der Waals surface area contributed by atoms with Gasteiger partial charge >= 0.3 is 0 Å². The largest absolute Gasteiger partial charge is 0.313 e. The lowest BCUT2D eigenvalue weighted by Gasteiger charge is -2.15.